The predicted octanol–water partition coefficient (Wildman–Crippen LogP) is 2.43. The van der Waals surface area contributed by atoms with Gasteiger partial charge in [0.1, 0.15) is 11.4 Å². The van der Waals surface area contributed by atoms with E-state index >= 15 is 0 Å². The topological polar surface area (TPSA) is 85.9 Å². The molecule has 5 rings (SSSR count). The zero-order valence-corrected chi connectivity index (χ0v) is 23.3. The summed E-state index contributed by atoms with van der Waals surface area (Å²) in [6.07, 6.45) is 7.04. The summed E-state index contributed by atoms with van der Waals surface area (Å²) in [4.78, 5) is 32.0. The molecule has 216 valence electrons. The van der Waals surface area contributed by atoms with Crippen LogP contribution >= 0.6 is 0 Å². The van der Waals surface area contributed by atoms with Crippen LogP contribution < -0.4 is 16.0 Å². The van der Waals surface area contributed by atoms with Gasteiger partial charge in [0, 0.05) is 57.6 Å². The number of benzene rings is 1. The number of ketones is 1. The third kappa shape index (κ3) is 7.37. The van der Waals surface area contributed by atoms with E-state index in [0.29, 0.717) is 19.0 Å². The standard InChI is InChI=1S/C30H46FN5O3/c31-27-8-6-23(7-9-27)19-24-3-2-13-36(20-24)21-26-10-11-32-22-30(26,28(37)25-4-1-5-25)34-29(38)33-12-14-35-15-17-39-18-16-35/h6-9,24-26,32H,1-5,10-22H2,(H2,33,34,38)/t24-,26-,30-/m0/s1. The smallest absolute Gasteiger partial charge is 0.315 e. The van der Waals surface area contributed by atoms with Crippen LogP contribution in [-0.2, 0) is 16.0 Å². The molecule has 3 aliphatic heterocycles. The largest absolute Gasteiger partial charge is 0.379 e. The SMILES string of the molecule is O=C(NCCN1CCOCC1)N[C@@]1(C(=O)C2CCC2)CNCC[C@H]1CN1CCC[C@@H](Cc2ccc(F)cc2)C1. The van der Waals surface area contributed by atoms with Gasteiger partial charge in [-0.05, 0) is 75.2 Å². The first-order valence-electron chi connectivity index (χ1n) is 15.1. The van der Waals surface area contributed by atoms with Crippen molar-refractivity contribution in [2.45, 2.75) is 50.5 Å². The Morgan fingerprint density at radius 1 is 1.03 bits per heavy atom. The van der Waals surface area contributed by atoms with Crippen molar-refractivity contribution in [3.8, 4) is 0 Å². The van der Waals surface area contributed by atoms with Crippen molar-refractivity contribution in [1.29, 1.82) is 0 Å². The Balaban J connectivity index is 1.23. The molecule has 9 heteroatoms. The molecule has 4 fully saturated rings. The van der Waals surface area contributed by atoms with Gasteiger partial charge in [-0.15, -0.1) is 0 Å². The minimum Gasteiger partial charge on any atom is -0.379 e. The third-order valence-electron chi connectivity index (χ3n) is 9.36. The van der Waals surface area contributed by atoms with Crippen LogP contribution in [0, 0.1) is 23.6 Å². The van der Waals surface area contributed by atoms with E-state index in [1.54, 1.807) is 12.1 Å². The van der Waals surface area contributed by atoms with Crippen molar-refractivity contribution in [2.75, 3.05) is 72.1 Å². The molecule has 4 aliphatic rings. The Kier molecular flexibility index (Phi) is 9.87. The number of likely N-dealkylation sites (tertiary alicyclic amines) is 1. The molecule has 1 aromatic rings. The minimum absolute atomic E-state index is 0.0497. The number of hydrogen-bond acceptors (Lipinski definition) is 6. The number of carbonyl (C=O) groups excluding carboxylic acids is 2. The van der Waals surface area contributed by atoms with Gasteiger partial charge in [-0.2, -0.15) is 0 Å². The number of piperidine rings is 2. The number of halogens is 1. The summed E-state index contributed by atoms with van der Waals surface area (Å²) >= 11 is 0. The van der Waals surface area contributed by atoms with Gasteiger partial charge in [0.2, 0.25) is 0 Å². The van der Waals surface area contributed by atoms with Gasteiger partial charge >= 0.3 is 6.03 Å². The molecule has 0 spiro atoms. The highest BCUT2D eigenvalue weighted by molar-refractivity contribution is 5.95. The van der Waals surface area contributed by atoms with Gasteiger partial charge in [0.05, 0.1) is 13.2 Å². The molecule has 0 aromatic heterocycles. The number of carbonyl (C=O) groups is 2. The Hall–Kier alpha value is -2.07. The highest BCUT2D eigenvalue weighted by Gasteiger charge is 2.51. The molecule has 3 heterocycles. The van der Waals surface area contributed by atoms with Crippen molar-refractivity contribution in [3.63, 3.8) is 0 Å². The molecular weight excluding hydrogens is 497 g/mol. The minimum atomic E-state index is -0.879. The van der Waals surface area contributed by atoms with Crippen LogP contribution in [0.2, 0.25) is 0 Å². The fourth-order valence-corrected chi connectivity index (χ4v) is 6.88. The zero-order valence-electron chi connectivity index (χ0n) is 23.3. The summed E-state index contributed by atoms with van der Waals surface area (Å²) in [6, 6.07) is 6.64. The van der Waals surface area contributed by atoms with Gasteiger partial charge in [0.25, 0.3) is 0 Å². The molecule has 1 aromatic carbocycles. The van der Waals surface area contributed by atoms with E-state index in [0.717, 1.165) is 104 Å². The molecule has 0 radical (unpaired) electrons. The lowest BCUT2D eigenvalue weighted by atomic mass is 9.67. The summed E-state index contributed by atoms with van der Waals surface area (Å²) in [6.45, 7) is 8.74. The number of ether oxygens (including phenoxy) is 1. The number of hydrogen-bond donors (Lipinski definition) is 3. The van der Waals surface area contributed by atoms with Crippen LogP contribution in [0.15, 0.2) is 24.3 Å². The lowest BCUT2D eigenvalue weighted by Crippen LogP contribution is -2.71. The maximum Gasteiger partial charge on any atom is 0.315 e. The fourth-order valence-electron chi connectivity index (χ4n) is 6.88. The first kappa shape index (κ1) is 28.5. The van der Waals surface area contributed by atoms with E-state index in [-0.39, 0.29) is 29.5 Å². The zero-order chi connectivity index (χ0) is 27.1. The Bertz CT molecular complexity index is 952. The summed E-state index contributed by atoms with van der Waals surface area (Å²) in [5, 5.41) is 9.74. The molecule has 0 bridgehead atoms. The molecule has 1 saturated carbocycles. The number of amides is 2. The summed E-state index contributed by atoms with van der Waals surface area (Å²) in [7, 11) is 0. The van der Waals surface area contributed by atoms with Gasteiger partial charge in [-0.3, -0.25) is 9.69 Å². The number of nitrogens with zero attached hydrogens (tertiary/aromatic N) is 2. The molecule has 3 saturated heterocycles. The van der Waals surface area contributed by atoms with Crippen LogP contribution in [0.1, 0.15) is 44.1 Å². The van der Waals surface area contributed by atoms with Crippen molar-refractivity contribution in [3.05, 3.63) is 35.6 Å². The summed E-state index contributed by atoms with van der Waals surface area (Å²) in [5.41, 5.74) is 0.297. The van der Waals surface area contributed by atoms with E-state index in [2.05, 4.69) is 25.8 Å². The van der Waals surface area contributed by atoms with E-state index in [9.17, 15) is 14.0 Å². The normalized spacial score (nSPS) is 28.9. The Morgan fingerprint density at radius 2 is 1.82 bits per heavy atom. The lowest BCUT2D eigenvalue weighted by Gasteiger charge is -2.48. The van der Waals surface area contributed by atoms with Crippen LogP contribution in [0.3, 0.4) is 0 Å². The summed E-state index contributed by atoms with van der Waals surface area (Å²) in [5.74, 6) is 0.656. The predicted molar refractivity (Wildman–Crippen MR) is 149 cm³/mol. The molecular formula is C30H46FN5O3. The Morgan fingerprint density at radius 3 is 2.56 bits per heavy atom. The third-order valence-corrected chi connectivity index (χ3v) is 9.36. The number of urea groups is 1. The first-order valence-corrected chi connectivity index (χ1v) is 15.1. The molecule has 1 aliphatic carbocycles. The molecule has 0 unspecified atom stereocenters. The highest BCUT2D eigenvalue weighted by atomic mass is 19.1. The highest BCUT2D eigenvalue weighted by Crippen LogP contribution is 2.37. The molecule has 3 atom stereocenters. The monoisotopic (exact) mass is 543 g/mol. The Labute approximate surface area is 232 Å². The molecule has 39 heavy (non-hydrogen) atoms. The maximum atomic E-state index is 14.0. The van der Waals surface area contributed by atoms with Gasteiger partial charge in [-0.25, -0.2) is 9.18 Å². The van der Waals surface area contributed by atoms with E-state index in [4.69, 9.17) is 4.74 Å². The lowest BCUT2D eigenvalue weighted by molar-refractivity contribution is -0.135. The van der Waals surface area contributed by atoms with Crippen LogP contribution in [0.25, 0.3) is 0 Å². The number of rotatable bonds is 10. The fraction of sp³-hybridized carbons (Fsp3) is 0.733. The van der Waals surface area contributed by atoms with Gasteiger partial charge < -0.3 is 25.6 Å². The van der Waals surface area contributed by atoms with Crippen LogP contribution in [0.4, 0.5) is 9.18 Å². The second kappa shape index (κ2) is 13.5. The second-order valence-corrected chi connectivity index (χ2v) is 12.1. The van der Waals surface area contributed by atoms with Crippen molar-refractivity contribution >= 4 is 11.8 Å². The van der Waals surface area contributed by atoms with Crippen molar-refractivity contribution in [2.24, 2.45) is 17.8 Å². The maximum absolute atomic E-state index is 14.0. The quantitative estimate of drug-likeness (QED) is 0.420. The van der Waals surface area contributed by atoms with Gasteiger partial charge in [0.15, 0.2) is 5.78 Å². The second-order valence-electron chi connectivity index (χ2n) is 12.1. The van der Waals surface area contributed by atoms with Crippen molar-refractivity contribution in [1.82, 2.24) is 25.8 Å². The number of nitrogens with one attached hydrogen (secondary N) is 3. The van der Waals surface area contributed by atoms with Crippen LogP contribution in [-0.4, -0.2) is 99.3 Å². The molecule has 3 N–H and O–H groups in total. The van der Waals surface area contributed by atoms with Crippen LogP contribution in [0.5, 0.6) is 0 Å². The van der Waals surface area contributed by atoms with E-state index < -0.39 is 5.54 Å². The van der Waals surface area contributed by atoms with Gasteiger partial charge in [-0.1, -0.05) is 18.6 Å². The van der Waals surface area contributed by atoms with E-state index in [1.807, 2.05) is 12.1 Å². The van der Waals surface area contributed by atoms with E-state index in [1.165, 1.54) is 5.56 Å². The average molecular weight is 544 g/mol. The molecule has 2 amide bonds. The number of morpholine rings is 1. The average Bonchev–Trinajstić information content (AvgIpc) is 2.91. The molecule has 8 nitrogen and oxygen atoms in total. The number of Topliss-reactive ketones (excluding diaryl/α,β-unsaturated/α-hetero) is 1. The summed E-state index contributed by atoms with van der Waals surface area (Å²) < 4.78 is 18.8. The van der Waals surface area contributed by atoms with Crippen molar-refractivity contribution < 1.29 is 18.7 Å². The first-order chi connectivity index (χ1) is 19.0.